The maximum atomic E-state index is 12.8. The van der Waals surface area contributed by atoms with Crippen molar-refractivity contribution in [3.63, 3.8) is 0 Å². The maximum absolute atomic E-state index is 12.8. The van der Waals surface area contributed by atoms with Gasteiger partial charge >= 0.3 is 5.97 Å². The van der Waals surface area contributed by atoms with Gasteiger partial charge in [-0.25, -0.2) is 4.79 Å². The highest BCUT2D eigenvalue weighted by Crippen LogP contribution is 2.30. The number of aromatic carboxylic acids is 1. The number of benzene rings is 2. The van der Waals surface area contributed by atoms with Gasteiger partial charge in [-0.15, -0.1) is 0 Å². The Hall–Kier alpha value is -3.61. The van der Waals surface area contributed by atoms with Crippen LogP contribution in [0.15, 0.2) is 53.1 Å². The minimum Gasteiger partial charge on any atom is -0.504 e. The number of carboxylic acid groups (broad SMARTS) is 1. The van der Waals surface area contributed by atoms with Gasteiger partial charge in [-0.2, -0.15) is 10.1 Å². The Morgan fingerprint density at radius 2 is 1.93 bits per heavy atom. The van der Waals surface area contributed by atoms with Gasteiger partial charge in [0.25, 0.3) is 5.91 Å². The first kappa shape index (κ1) is 18.2. The summed E-state index contributed by atoms with van der Waals surface area (Å²) in [4.78, 5) is 23.7. The number of aromatic hydroxyl groups is 1. The van der Waals surface area contributed by atoms with Crippen LogP contribution in [-0.4, -0.2) is 34.4 Å². The average molecular weight is 366 g/mol. The van der Waals surface area contributed by atoms with Gasteiger partial charge in [0, 0.05) is 0 Å². The van der Waals surface area contributed by atoms with Crippen LogP contribution >= 0.6 is 0 Å². The van der Waals surface area contributed by atoms with Crippen molar-refractivity contribution in [3.05, 3.63) is 59.2 Å². The van der Waals surface area contributed by atoms with Gasteiger partial charge in [-0.1, -0.05) is 6.07 Å². The fraction of sp³-hybridized carbons (Fsp3) is 0.150. The molecule has 2 aromatic rings. The summed E-state index contributed by atoms with van der Waals surface area (Å²) in [7, 11) is 0. The Labute approximate surface area is 155 Å². The van der Waals surface area contributed by atoms with Gasteiger partial charge in [-0.3, -0.25) is 4.79 Å². The van der Waals surface area contributed by atoms with Crippen LogP contribution in [0.3, 0.4) is 0 Å². The number of phenols is 1. The Morgan fingerprint density at radius 3 is 2.56 bits per heavy atom. The summed E-state index contributed by atoms with van der Waals surface area (Å²) in [6, 6.07) is 10.7. The van der Waals surface area contributed by atoms with E-state index in [-0.39, 0.29) is 17.2 Å². The fourth-order valence-corrected chi connectivity index (χ4v) is 2.66. The van der Waals surface area contributed by atoms with Gasteiger partial charge in [0.1, 0.15) is 0 Å². The molecule has 27 heavy (non-hydrogen) atoms. The van der Waals surface area contributed by atoms with Crippen molar-refractivity contribution in [2.45, 2.75) is 13.8 Å². The number of rotatable bonds is 5. The Morgan fingerprint density at radius 1 is 1.22 bits per heavy atom. The monoisotopic (exact) mass is 366 g/mol. The summed E-state index contributed by atoms with van der Waals surface area (Å²) >= 11 is 0. The molecule has 0 unspecified atom stereocenters. The molecular weight excluding hydrogens is 348 g/mol. The van der Waals surface area contributed by atoms with Gasteiger partial charge in [0.2, 0.25) is 0 Å². The number of carbonyl (C=O) groups excluding carboxylic acids is 1. The summed E-state index contributed by atoms with van der Waals surface area (Å²) in [6.07, 6.45) is 1.68. The normalized spacial score (nSPS) is 15.2. The Bertz CT molecular complexity index is 961. The van der Waals surface area contributed by atoms with E-state index in [1.54, 1.807) is 25.1 Å². The van der Waals surface area contributed by atoms with Gasteiger partial charge in [0.05, 0.1) is 29.1 Å². The van der Waals surface area contributed by atoms with Crippen LogP contribution in [0.1, 0.15) is 29.8 Å². The Balaban J connectivity index is 1.90. The van der Waals surface area contributed by atoms with Crippen LogP contribution in [0.25, 0.3) is 6.08 Å². The molecule has 7 heteroatoms. The van der Waals surface area contributed by atoms with Crippen molar-refractivity contribution >= 4 is 29.4 Å². The first-order chi connectivity index (χ1) is 12.9. The lowest BCUT2D eigenvalue weighted by Gasteiger charge is -2.12. The van der Waals surface area contributed by atoms with E-state index in [1.165, 1.54) is 35.3 Å². The van der Waals surface area contributed by atoms with Crippen LogP contribution in [0, 0.1) is 0 Å². The molecular formula is C20H18N2O5. The predicted octanol–water partition coefficient (Wildman–Crippen LogP) is 3.30. The standard InChI is InChI=1S/C20H18N2O5/c1-3-27-18-11-13(4-9-17(18)23)10-16-12(2)21-22(19(16)24)15-7-5-14(6-8-15)20(25)26/h4-11,23H,3H2,1-2H3,(H,25,26). The molecule has 138 valence electrons. The van der Waals surface area contributed by atoms with E-state index >= 15 is 0 Å². The number of phenolic OH excluding ortho intramolecular Hbond substituents is 1. The van der Waals surface area contributed by atoms with E-state index < -0.39 is 5.97 Å². The van der Waals surface area contributed by atoms with E-state index in [2.05, 4.69) is 5.10 Å². The minimum atomic E-state index is -1.04. The topological polar surface area (TPSA) is 99.4 Å². The van der Waals surface area contributed by atoms with Crippen LogP contribution in [0.4, 0.5) is 5.69 Å². The number of carboxylic acids is 1. The predicted molar refractivity (Wildman–Crippen MR) is 101 cm³/mol. The van der Waals surface area contributed by atoms with Gasteiger partial charge in [0.15, 0.2) is 11.5 Å². The van der Waals surface area contributed by atoms with E-state index in [1.807, 2.05) is 6.92 Å². The van der Waals surface area contributed by atoms with Gasteiger partial charge < -0.3 is 14.9 Å². The van der Waals surface area contributed by atoms with E-state index in [0.717, 1.165) is 0 Å². The number of ether oxygens (including phenoxy) is 1. The second-order valence-corrected chi connectivity index (χ2v) is 5.87. The molecule has 0 fully saturated rings. The lowest BCUT2D eigenvalue weighted by atomic mass is 10.1. The summed E-state index contributed by atoms with van der Waals surface area (Å²) < 4.78 is 5.36. The first-order valence-corrected chi connectivity index (χ1v) is 8.31. The summed E-state index contributed by atoms with van der Waals surface area (Å²) in [5, 5.41) is 24.3. The molecule has 0 atom stereocenters. The minimum absolute atomic E-state index is 0.0299. The molecule has 0 saturated carbocycles. The van der Waals surface area contributed by atoms with Crippen LogP contribution < -0.4 is 9.75 Å². The van der Waals surface area contributed by atoms with Crippen molar-refractivity contribution in [1.82, 2.24) is 0 Å². The van der Waals surface area contributed by atoms with Crippen molar-refractivity contribution in [3.8, 4) is 11.5 Å². The highest BCUT2D eigenvalue weighted by atomic mass is 16.5. The zero-order valence-corrected chi connectivity index (χ0v) is 14.8. The number of hydrogen-bond acceptors (Lipinski definition) is 5. The molecule has 0 saturated heterocycles. The second kappa shape index (κ2) is 7.33. The number of anilines is 1. The van der Waals surface area contributed by atoms with Crippen molar-refractivity contribution in [2.75, 3.05) is 11.6 Å². The van der Waals surface area contributed by atoms with E-state index in [0.29, 0.717) is 34.9 Å². The third kappa shape index (κ3) is 3.67. The number of nitrogens with zero attached hydrogens (tertiary/aromatic N) is 2. The SMILES string of the molecule is CCOc1cc(C=C2C(=O)N(c3ccc(C(=O)O)cc3)N=C2C)ccc1O. The molecule has 0 radical (unpaired) electrons. The molecule has 0 aromatic heterocycles. The smallest absolute Gasteiger partial charge is 0.335 e. The molecule has 1 aliphatic rings. The fourth-order valence-electron chi connectivity index (χ4n) is 2.66. The second-order valence-electron chi connectivity index (χ2n) is 5.87. The zero-order valence-electron chi connectivity index (χ0n) is 14.8. The molecule has 2 N–H and O–H groups in total. The number of carbonyl (C=O) groups is 2. The summed E-state index contributed by atoms with van der Waals surface area (Å²) in [6.45, 7) is 3.95. The third-order valence-electron chi connectivity index (χ3n) is 4.02. The lowest BCUT2D eigenvalue weighted by molar-refractivity contribution is -0.114. The third-order valence-corrected chi connectivity index (χ3v) is 4.02. The van der Waals surface area contributed by atoms with Crippen LogP contribution in [0.2, 0.25) is 0 Å². The maximum Gasteiger partial charge on any atom is 0.335 e. The van der Waals surface area contributed by atoms with Crippen LogP contribution in [0.5, 0.6) is 11.5 Å². The van der Waals surface area contributed by atoms with Gasteiger partial charge in [-0.05, 0) is 61.9 Å². The van der Waals surface area contributed by atoms with Crippen molar-refractivity contribution < 1.29 is 24.5 Å². The molecule has 3 rings (SSSR count). The lowest BCUT2D eigenvalue weighted by Crippen LogP contribution is -2.21. The summed E-state index contributed by atoms with van der Waals surface area (Å²) in [5.41, 5.74) is 2.25. The molecule has 0 aliphatic carbocycles. The van der Waals surface area contributed by atoms with Crippen molar-refractivity contribution in [1.29, 1.82) is 0 Å². The van der Waals surface area contributed by atoms with E-state index in [9.17, 15) is 14.7 Å². The van der Waals surface area contributed by atoms with E-state index in [4.69, 9.17) is 9.84 Å². The first-order valence-electron chi connectivity index (χ1n) is 8.31. The highest BCUT2D eigenvalue weighted by molar-refractivity contribution is 6.32. The number of hydrogen-bond donors (Lipinski definition) is 2. The molecule has 0 spiro atoms. The summed E-state index contributed by atoms with van der Waals surface area (Å²) in [5.74, 6) is -0.983. The van der Waals surface area contributed by atoms with Crippen LogP contribution in [-0.2, 0) is 4.79 Å². The highest BCUT2D eigenvalue weighted by Gasteiger charge is 2.28. The molecule has 1 heterocycles. The molecule has 1 amide bonds. The molecule has 7 nitrogen and oxygen atoms in total. The number of amides is 1. The quantitative estimate of drug-likeness (QED) is 0.791. The van der Waals surface area contributed by atoms with Crippen molar-refractivity contribution in [2.24, 2.45) is 5.10 Å². The number of hydrazone groups is 1. The molecule has 2 aromatic carbocycles. The largest absolute Gasteiger partial charge is 0.504 e. The Kier molecular flexibility index (Phi) is 4.94. The molecule has 1 aliphatic heterocycles. The molecule has 0 bridgehead atoms. The zero-order chi connectivity index (χ0) is 19.6. The average Bonchev–Trinajstić information content (AvgIpc) is 2.93.